The summed E-state index contributed by atoms with van der Waals surface area (Å²) in [6.07, 6.45) is 3.26. The predicted molar refractivity (Wildman–Crippen MR) is 79.6 cm³/mol. The molecule has 2 aromatic rings. The van der Waals surface area contributed by atoms with Gasteiger partial charge >= 0.3 is 0 Å². The third kappa shape index (κ3) is 4.03. The van der Waals surface area contributed by atoms with Crippen molar-refractivity contribution in [3.63, 3.8) is 0 Å². The first-order chi connectivity index (χ1) is 9.20. The van der Waals surface area contributed by atoms with Crippen LogP contribution in [0, 0.1) is 6.92 Å². The Morgan fingerprint density at radius 2 is 2.26 bits per heavy atom. The summed E-state index contributed by atoms with van der Waals surface area (Å²) in [7, 11) is 0. The monoisotopic (exact) mass is 298 g/mol. The molecule has 2 aromatic heterocycles. The summed E-state index contributed by atoms with van der Waals surface area (Å²) < 4.78 is 0. The topological polar surface area (TPSA) is 53.6 Å². The molecule has 0 unspecified atom stereocenters. The van der Waals surface area contributed by atoms with E-state index in [9.17, 15) is 0 Å². The highest BCUT2D eigenvalue weighted by molar-refractivity contribution is 7.09. The lowest BCUT2D eigenvalue weighted by molar-refractivity contribution is 0.682. The van der Waals surface area contributed by atoms with E-state index >= 15 is 0 Å². The molecule has 0 aromatic carbocycles. The number of rotatable bonds is 7. The van der Waals surface area contributed by atoms with Crippen molar-refractivity contribution < 1.29 is 0 Å². The molecule has 0 spiro atoms. The summed E-state index contributed by atoms with van der Waals surface area (Å²) in [5, 5.41) is 3.95. The molecule has 104 valence electrons. The first kappa shape index (κ1) is 14.5. The fraction of sp³-hybridized carbons (Fsp3) is 0.538. The second-order valence-electron chi connectivity index (χ2n) is 4.52. The molecule has 0 saturated heterocycles. The Bertz CT molecular complexity index is 520. The molecule has 0 aliphatic heterocycles. The van der Waals surface area contributed by atoms with Crippen molar-refractivity contribution in [3.05, 3.63) is 32.8 Å². The number of nitrogens with zero attached hydrogens (tertiary/aromatic N) is 2. The zero-order valence-corrected chi connectivity index (χ0v) is 12.9. The van der Waals surface area contributed by atoms with Crippen LogP contribution < -0.4 is 5.32 Å². The maximum absolute atomic E-state index is 6.12. The Kier molecular flexibility index (Phi) is 5.36. The lowest BCUT2D eigenvalue weighted by atomic mass is 10.2. The van der Waals surface area contributed by atoms with Crippen molar-refractivity contribution in [2.24, 2.45) is 0 Å². The minimum atomic E-state index is 0.583. The number of H-pyrrole nitrogens is 1. The third-order valence-electron chi connectivity index (χ3n) is 2.98. The number of unbranched alkanes of at least 4 members (excludes halogenated alkanes) is 1. The Morgan fingerprint density at radius 3 is 2.95 bits per heavy atom. The Hall–Kier alpha value is -0.910. The van der Waals surface area contributed by atoms with Crippen LogP contribution in [0.3, 0.4) is 0 Å². The van der Waals surface area contributed by atoms with Crippen LogP contribution in [-0.4, -0.2) is 15.0 Å². The highest BCUT2D eigenvalue weighted by atomic mass is 35.5. The fourth-order valence-corrected chi connectivity index (χ4v) is 2.78. The van der Waals surface area contributed by atoms with Crippen LogP contribution in [0.4, 0.5) is 0 Å². The first-order valence-corrected chi connectivity index (χ1v) is 7.79. The number of halogens is 1. The van der Waals surface area contributed by atoms with Gasteiger partial charge in [-0.2, -0.15) is 0 Å². The second-order valence-corrected chi connectivity index (χ2v) is 5.82. The summed E-state index contributed by atoms with van der Waals surface area (Å²) in [5.41, 5.74) is 3.94. The average molecular weight is 299 g/mol. The fourth-order valence-electron chi connectivity index (χ4n) is 1.82. The molecule has 2 heterocycles. The largest absolute Gasteiger partial charge is 0.344 e. The molecular weight excluding hydrogens is 280 g/mol. The lowest BCUT2D eigenvalue weighted by Crippen LogP contribution is -2.13. The van der Waals surface area contributed by atoms with Crippen molar-refractivity contribution in [2.45, 2.75) is 46.2 Å². The van der Waals surface area contributed by atoms with Gasteiger partial charge in [-0.3, -0.25) is 0 Å². The van der Waals surface area contributed by atoms with E-state index in [4.69, 9.17) is 11.6 Å². The summed E-state index contributed by atoms with van der Waals surface area (Å²) in [6.45, 7) is 5.72. The zero-order chi connectivity index (χ0) is 13.7. The highest BCUT2D eigenvalue weighted by Gasteiger charge is 2.08. The van der Waals surface area contributed by atoms with E-state index in [1.807, 2.05) is 12.4 Å². The predicted octanol–water partition coefficient (Wildman–Crippen LogP) is 3.46. The summed E-state index contributed by atoms with van der Waals surface area (Å²) in [6, 6.07) is 0. The third-order valence-corrected chi connectivity index (χ3v) is 4.22. The summed E-state index contributed by atoms with van der Waals surface area (Å²) >= 11 is 7.80. The van der Waals surface area contributed by atoms with Crippen LogP contribution >= 0.6 is 22.9 Å². The van der Waals surface area contributed by atoms with Gasteiger partial charge in [0.05, 0.1) is 16.9 Å². The van der Waals surface area contributed by atoms with Gasteiger partial charge in [0.1, 0.15) is 5.82 Å². The SMILES string of the molecule is CCCCc1nc(Cl)c(CNCc2scnc2C)[nH]1. The molecule has 0 aliphatic rings. The van der Waals surface area contributed by atoms with Gasteiger partial charge in [-0.25, -0.2) is 9.97 Å². The number of imidazole rings is 1. The second kappa shape index (κ2) is 7.03. The first-order valence-electron chi connectivity index (χ1n) is 6.53. The highest BCUT2D eigenvalue weighted by Crippen LogP contribution is 2.15. The molecule has 0 saturated carbocycles. The number of aryl methyl sites for hydroxylation is 2. The van der Waals surface area contributed by atoms with E-state index in [0.29, 0.717) is 11.7 Å². The number of thiazole rings is 1. The lowest BCUT2D eigenvalue weighted by Gasteiger charge is -2.02. The normalized spacial score (nSPS) is 11.1. The van der Waals surface area contributed by atoms with Crippen LogP contribution in [0.25, 0.3) is 0 Å². The molecule has 19 heavy (non-hydrogen) atoms. The number of hydrogen-bond donors (Lipinski definition) is 2. The summed E-state index contributed by atoms with van der Waals surface area (Å²) in [5.74, 6) is 0.984. The maximum atomic E-state index is 6.12. The van der Waals surface area contributed by atoms with Crippen molar-refractivity contribution in [2.75, 3.05) is 0 Å². The number of aromatic amines is 1. The molecule has 2 rings (SSSR count). The van der Waals surface area contributed by atoms with Gasteiger partial charge in [0, 0.05) is 24.4 Å². The molecule has 0 aliphatic carbocycles. The molecule has 0 radical (unpaired) electrons. The Labute approximate surface area is 122 Å². The molecule has 0 atom stereocenters. The van der Waals surface area contributed by atoms with Crippen molar-refractivity contribution in [1.82, 2.24) is 20.3 Å². The van der Waals surface area contributed by atoms with Gasteiger partial charge in [0.2, 0.25) is 0 Å². The molecule has 4 nitrogen and oxygen atoms in total. The minimum absolute atomic E-state index is 0.583. The average Bonchev–Trinajstić information content (AvgIpc) is 2.95. The van der Waals surface area contributed by atoms with Gasteiger partial charge in [0.25, 0.3) is 0 Å². The van der Waals surface area contributed by atoms with E-state index in [-0.39, 0.29) is 0 Å². The Balaban J connectivity index is 1.85. The van der Waals surface area contributed by atoms with Crippen molar-refractivity contribution >= 4 is 22.9 Å². The molecule has 6 heteroatoms. The number of hydrogen-bond acceptors (Lipinski definition) is 4. The van der Waals surface area contributed by atoms with E-state index in [0.717, 1.165) is 43.0 Å². The number of aromatic nitrogens is 3. The Morgan fingerprint density at radius 1 is 1.42 bits per heavy atom. The van der Waals surface area contributed by atoms with E-state index in [1.165, 1.54) is 4.88 Å². The minimum Gasteiger partial charge on any atom is -0.344 e. The molecule has 0 bridgehead atoms. The van der Waals surface area contributed by atoms with E-state index in [1.54, 1.807) is 11.3 Å². The van der Waals surface area contributed by atoms with E-state index < -0.39 is 0 Å². The molecule has 0 amide bonds. The van der Waals surface area contributed by atoms with Crippen LogP contribution in [-0.2, 0) is 19.5 Å². The molecule has 2 N–H and O–H groups in total. The van der Waals surface area contributed by atoms with Gasteiger partial charge in [-0.1, -0.05) is 24.9 Å². The van der Waals surface area contributed by atoms with Gasteiger partial charge in [-0.15, -0.1) is 11.3 Å². The van der Waals surface area contributed by atoms with Gasteiger partial charge < -0.3 is 10.3 Å². The van der Waals surface area contributed by atoms with Crippen LogP contribution in [0.5, 0.6) is 0 Å². The van der Waals surface area contributed by atoms with Gasteiger partial charge in [-0.05, 0) is 13.3 Å². The molecular formula is C13H19ClN4S. The van der Waals surface area contributed by atoms with E-state index in [2.05, 4.69) is 27.2 Å². The van der Waals surface area contributed by atoms with Crippen LogP contribution in [0.15, 0.2) is 5.51 Å². The zero-order valence-electron chi connectivity index (χ0n) is 11.3. The number of nitrogens with one attached hydrogen (secondary N) is 2. The van der Waals surface area contributed by atoms with Gasteiger partial charge in [0.15, 0.2) is 5.15 Å². The molecule has 0 fully saturated rings. The van der Waals surface area contributed by atoms with Crippen molar-refractivity contribution in [1.29, 1.82) is 0 Å². The quantitative estimate of drug-likeness (QED) is 0.823. The standard InChI is InChI=1S/C13H19ClN4S/c1-3-4-5-12-17-10(13(14)18-12)6-15-7-11-9(2)16-8-19-11/h8,15H,3-7H2,1-2H3,(H,17,18). The van der Waals surface area contributed by atoms with Crippen LogP contribution in [0.2, 0.25) is 5.15 Å². The van der Waals surface area contributed by atoms with Crippen molar-refractivity contribution in [3.8, 4) is 0 Å². The maximum Gasteiger partial charge on any atom is 0.151 e. The smallest absolute Gasteiger partial charge is 0.151 e. The summed E-state index contributed by atoms with van der Waals surface area (Å²) in [4.78, 5) is 13.1. The van der Waals surface area contributed by atoms with Crippen LogP contribution in [0.1, 0.15) is 41.9 Å².